The van der Waals surface area contributed by atoms with Crippen LogP contribution in [0, 0.1) is 5.41 Å². The maximum absolute atomic E-state index is 13.3. The van der Waals surface area contributed by atoms with Crippen molar-refractivity contribution in [3.63, 3.8) is 0 Å². The molecule has 3 aliphatic rings. The second-order valence-electron chi connectivity index (χ2n) is 9.84. The number of nitrogens with one attached hydrogen (secondary N) is 3. The molecular weight excluding hydrogens is 420 g/mol. The fourth-order valence-electron chi connectivity index (χ4n) is 5.68. The zero-order chi connectivity index (χ0) is 22.2. The van der Waals surface area contributed by atoms with Crippen molar-refractivity contribution >= 4 is 28.0 Å². The molecule has 1 spiro atoms. The second kappa shape index (κ2) is 6.64. The van der Waals surface area contributed by atoms with Crippen LogP contribution >= 0.6 is 0 Å². The van der Waals surface area contributed by atoms with Crippen LogP contribution in [0.5, 0.6) is 0 Å². The number of anilines is 1. The third-order valence-electron chi connectivity index (χ3n) is 8.01. The Labute approximate surface area is 188 Å². The molecule has 2 saturated heterocycles. The van der Waals surface area contributed by atoms with E-state index in [2.05, 4.69) is 25.1 Å². The van der Waals surface area contributed by atoms with E-state index in [-0.39, 0.29) is 22.4 Å². The third-order valence-corrected chi connectivity index (χ3v) is 8.01. The SMILES string of the molecule is N[C@@H]1COCC12CCN(c1nc3n[nH]c(C4(c5nc6ccccc6[nH]5)CC4)c3c(=O)[nH]1)CC2. The summed E-state index contributed by atoms with van der Waals surface area (Å²) < 4.78 is 5.63. The number of aromatic amines is 3. The first-order valence-corrected chi connectivity index (χ1v) is 11.6. The number of H-pyrrole nitrogens is 3. The molecule has 1 aromatic carbocycles. The number of rotatable bonds is 3. The minimum atomic E-state index is -0.347. The number of piperidine rings is 1. The Bertz CT molecular complexity index is 1390. The first-order chi connectivity index (χ1) is 16.1. The van der Waals surface area contributed by atoms with Crippen molar-refractivity contribution < 1.29 is 4.74 Å². The largest absolute Gasteiger partial charge is 0.379 e. The molecule has 0 unspecified atom stereocenters. The van der Waals surface area contributed by atoms with Crippen LogP contribution in [0.2, 0.25) is 0 Å². The average Bonchev–Trinajstić information content (AvgIpc) is 3.16. The highest BCUT2D eigenvalue weighted by molar-refractivity contribution is 5.81. The van der Waals surface area contributed by atoms with E-state index in [9.17, 15) is 4.79 Å². The van der Waals surface area contributed by atoms with Crippen molar-refractivity contribution in [2.24, 2.45) is 11.1 Å². The molecule has 5 N–H and O–H groups in total. The van der Waals surface area contributed by atoms with E-state index in [0.29, 0.717) is 23.6 Å². The van der Waals surface area contributed by atoms with Gasteiger partial charge in [-0.05, 0) is 37.8 Å². The molecule has 5 heterocycles. The number of benzene rings is 1. The Morgan fingerprint density at radius 3 is 2.64 bits per heavy atom. The number of nitrogens with two attached hydrogens (primary N) is 1. The number of imidazole rings is 1. The van der Waals surface area contributed by atoms with Crippen molar-refractivity contribution in [1.82, 2.24) is 30.1 Å². The lowest BCUT2D eigenvalue weighted by atomic mass is 9.75. The van der Waals surface area contributed by atoms with Crippen LogP contribution in [0.1, 0.15) is 37.2 Å². The number of hydrogen-bond donors (Lipinski definition) is 4. The molecule has 1 atom stereocenters. The zero-order valence-electron chi connectivity index (χ0n) is 18.2. The van der Waals surface area contributed by atoms with Crippen LogP contribution in [-0.4, -0.2) is 62.5 Å². The molecule has 170 valence electrons. The number of aromatic nitrogens is 6. The first kappa shape index (κ1) is 19.2. The lowest BCUT2D eigenvalue weighted by Gasteiger charge is -2.40. The molecule has 3 aromatic heterocycles. The average molecular weight is 447 g/mol. The Balaban J connectivity index is 1.22. The number of ether oxygens (including phenoxy) is 1. The van der Waals surface area contributed by atoms with Crippen LogP contribution < -0.4 is 16.2 Å². The maximum Gasteiger partial charge on any atom is 0.263 e. The maximum atomic E-state index is 13.3. The molecule has 1 saturated carbocycles. The zero-order valence-corrected chi connectivity index (χ0v) is 18.2. The predicted molar refractivity (Wildman–Crippen MR) is 123 cm³/mol. The fraction of sp³-hybridized carbons (Fsp3) is 0.478. The number of nitrogens with zero attached hydrogens (tertiary/aromatic N) is 4. The highest BCUT2D eigenvalue weighted by Crippen LogP contribution is 2.53. The Morgan fingerprint density at radius 2 is 1.91 bits per heavy atom. The third kappa shape index (κ3) is 2.74. The van der Waals surface area contributed by atoms with Gasteiger partial charge >= 0.3 is 0 Å². The van der Waals surface area contributed by atoms with Crippen molar-refractivity contribution in [2.75, 3.05) is 31.2 Å². The Hall–Kier alpha value is -3.24. The van der Waals surface area contributed by atoms with Gasteiger partial charge in [0.2, 0.25) is 5.95 Å². The molecule has 3 fully saturated rings. The molecule has 0 amide bonds. The molecule has 0 bridgehead atoms. The molecule has 4 aromatic rings. The summed E-state index contributed by atoms with van der Waals surface area (Å²) in [5, 5.41) is 8.10. The van der Waals surface area contributed by atoms with Gasteiger partial charge in [-0.3, -0.25) is 14.9 Å². The van der Waals surface area contributed by atoms with Crippen LogP contribution in [0.25, 0.3) is 22.1 Å². The van der Waals surface area contributed by atoms with E-state index in [1.165, 1.54) is 0 Å². The van der Waals surface area contributed by atoms with Gasteiger partial charge in [0, 0.05) is 24.5 Å². The summed E-state index contributed by atoms with van der Waals surface area (Å²) in [6.07, 6.45) is 3.66. The number of fused-ring (bicyclic) bond motifs is 2. The smallest absolute Gasteiger partial charge is 0.263 e. The van der Waals surface area contributed by atoms with Gasteiger partial charge in [-0.2, -0.15) is 10.1 Å². The minimum Gasteiger partial charge on any atom is -0.379 e. The lowest BCUT2D eigenvalue weighted by molar-refractivity contribution is 0.131. The van der Waals surface area contributed by atoms with Crippen molar-refractivity contribution in [3.8, 4) is 0 Å². The number of para-hydroxylation sites is 2. The lowest BCUT2D eigenvalue weighted by Crippen LogP contribution is -2.49. The van der Waals surface area contributed by atoms with Crippen LogP contribution in [-0.2, 0) is 10.2 Å². The standard InChI is InChI=1S/C23H26N8O2/c24-15-11-33-12-22(15)7-9-31(10-8-22)21-27-18-16(19(32)28-21)17(29-30-18)23(5-6-23)20-25-13-3-1-2-4-14(13)26-20/h1-4,15H,5-12,24H2,(H,25,26)(H2,27,28,29,30,32)/t15-/m1/s1. The topological polar surface area (TPSA) is 142 Å². The molecular formula is C23H26N8O2. The normalized spacial score (nSPS) is 23.7. The first-order valence-electron chi connectivity index (χ1n) is 11.6. The molecule has 10 nitrogen and oxygen atoms in total. The molecule has 7 rings (SSSR count). The van der Waals surface area contributed by atoms with E-state index in [1.807, 2.05) is 24.3 Å². The van der Waals surface area contributed by atoms with Crippen LogP contribution in [0.3, 0.4) is 0 Å². The van der Waals surface area contributed by atoms with Crippen LogP contribution in [0.15, 0.2) is 29.1 Å². The summed E-state index contributed by atoms with van der Waals surface area (Å²) in [6, 6.07) is 8.05. The van der Waals surface area contributed by atoms with E-state index < -0.39 is 0 Å². The molecule has 10 heteroatoms. The van der Waals surface area contributed by atoms with Gasteiger partial charge in [-0.15, -0.1) is 0 Å². The minimum absolute atomic E-state index is 0.0470. The highest BCUT2D eigenvalue weighted by atomic mass is 16.5. The highest BCUT2D eigenvalue weighted by Gasteiger charge is 2.52. The Kier molecular flexibility index (Phi) is 3.88. The van der Waals surface area contributed by atoms with E-state index >= 15 is 0 Å². The van der Waals surface area contributed by atoms with Gasteiger partial charge in [0.1, 0.15) is 11.2 Å². The molecule has 2 aliphatic heterocycles. The van der Waals surface area contributed by atoms with Gasteiger partial charge in [-0.1, -0.05) is 12.1 Å². The van der Waals surface area contributed by atoms with Gasteiger partial charge in [-0.25, -0.2) is 4.98 Å². The van der Waals surface area contributed by atoms with Gasteiger partial charge < -0.3 is 20.4 Å². The van der Waals surface area contributed by atoms with Crippen molar-refractivity contribution in [2.45, 2.75) is 37.1 Å². The fourth-order valence-corrected chi connectivity index (χ4v) is 5.68. The summed E-state index contributed by atoms with van der Waals surface area (Å²) in [4.78, 5) is 31.4. The van der Waals surface area contributed by atoms with E-state index in [4.69, 9.17) is 20.4 Å². The van der Waals surface area contributed by atoms with E-state index in [1.54, 1.807) is 0 Å². The molecule has 33 heavy (non-hydrogen) atoms. The van der Waals surface area contributed by atoms with Crippen molar-refractivity contribution in [1.29, 1.82) is 0 Å². The van der Waals surface area contributed by atoms with E-state index in [0.717, 1.165) is 67.9 Å². The second-order valence-corrected chi connectivity index (χ2v) is 9.84. The summed E-state index contributed by atoms with van der Waals surface area (Å²) in [6.45, 7) is 2.92. The van der Waals surface area contributed by atoms with Crippen molar-refractivity contribution in [3.05, 3.63) is 46.1 Å². The number of hydrogen-bond acceptors (Lipinski definition) is 7. The monoisotopic (exact) mass is 446 g/mol. The summed E-state index contributed by atoms with van der Waals surface area (Å²) >= 11 is 0. The Morgan fingerprint density at radius 1 is 1.09 bits per heavy atom. The predicted octanol–water partition coefficient (Wildman–Crippen LogP) is 1.55. The summed E-state index contributed by atoms with van der Waals surface area (Å²) in [5.74, 6) is 1.44. The molecule has 0 radical (unpaired) electrons. The van der Waals surface area contributed by atoms with Gasteiger partial charge in [0.25, 0.3) is 5.56 Å². The van der Waals surface area contributed by atoms with Crippen LogP contribution in [0.4, 0.5) is 5.95 Å². The summed E-state index contributed by atoms with van der Waals surface area (Å²) in [5.41, 5.74) is 9.01. The summed E-state index contributed by atoms with van der Waals surface area (Å²) in [7, 11) is 0. The van der Waals surface area contributed by atoms with Gasteiger partial charge in [0.15, 0.2) is 5.65 Å². The quantitative estimate of drug-likeness (QED) is 0.374. The molecule has 1 aliphatic carbocycles. The van der Waals surface area contributed by atoms with Gasteiger partial charge in [0.05, 0.1) is 35.4 Å².